The van der Waals surface area contributed by atoms with E-state index in [2.05, 4.69) is 30.9 Å². The van der Waals surface area contributed by atoms with Crippen LogP contribution in [0.3, 0.4) is 0 Å². The van der Waals surface area contributed by atoms with Crippen molar-refractivity contribution in [1.29, 1.82) is 0 Å². The first kappa shape index (κ1) is 19.0. The Morgan fingerprint density at radius 3 is 2.97 bits per heavy atom. The lowest BCUT2D eigenvalue weighted by molar-refractivity contribution is 0.0526. The lowest BCUT2D eigenvalue weighted by Crippen LogP contribution is -2.33. The largest absolute Gasteiger partial charge is 0.444 e. The van der Waals surface area contributed by atoms with Gasteiger partial charge in [0.1, 0.15) is 11.3 Å². The van der Waals surface area contributed by atoms with Gasteiger partial charge in [0, 0.05) is 36.6 Å². The minimum atomic E-state index is -0.511. The maximum absolute atomic E-state index is 11.8. The number of hydrogen-bond acceptors (Lipinski definition) is 7. The van der Waals surface area contributed by atoms with Crippen LogP contribution in [-0.2, 0) is 24.1 Å². The first-order chi connectivity index (χ1) is 13.9. The maximum atomic E-state index is 11.8. The minimum absolute atomic E-state index is 0.412. The summed E-state index contributed by atoms with van der Waals surface area (Å²) in [6.45, 7) is 6.66. The number of nitrogens with zero attached hydrogens (tertiary/aromatic N) is 6. The molecule has 0 aromatic carbocycles. The van der Waals surface area contributed by atoms with Crippen molar-refractivity contribution < 1.29 is 9.53 Å². The van der Waals surface area contributed by atoms with Gasteiger partial charge < -0.3 is 10.1 Å². The highest BCUT2D eigenvalue weighted by Crippen LogP contribution is 2.37. The van der Waals surface area contributed by atoms with Gasteiger partial charge in [-0.3, -0.25) is 9.67 Å². The van der Waals surface area contributed by atoms with Gasteiger partial charge >= 0.3 is 6.09 Å². The van der Waals surface area contributed by atoms with Crippen LogP contribution in [0.25, 0.3) is 22.8 Å². The van der Waals surface area contributed by atoms with Crippen LogP contribution < -0.4 is 5.32 Å². The van der Waals surface area contributed by atoms with Gasteiger partial charge in [-0.05, 0) is 62.1 Å². The molecule has 4 rings (SSSR count). The number of aromatic amines is 1. The van der Waals surface area contributed by atoms with Crippen LogP contribution in [0.4, 0.5) is 4.79 Å². The van der Waals surface area contributed by atoms with Crippen molar-refractivity contribution in [2.45, 2.75) is 52.2 Å². The average Bonchev–Trinajstić information content (AvgIpc) is 3.31. The SMILES string of the molecule is CC(C)(C)OC(=O)NCCCn1nc(-c2nnn[nH]2)c2c1-c1ccncc1CC2. The fraction of sp³-hybridized carbons (Fsp3) is 0.474. The quantitative estimate of drug-likeness (QED) is 0.633. The highest BCUT2D eigenvalue weighted by Gasteiger charge is 2.27. The standard InChI is InChI=1S/C19H24N8O2/c1-19(2,3)29-18(28)21-8-4-10-27-16-13-7-9-20-11-12(13)5-6-14(16)15(24-27)17-22-25-26-23-17/h7,9,11H,4-6,8,10H2,1-3H3,(H,21,28)(H,22,23,25,26). The predicted molar refractivity (Wildman–Crippen MR) is 105 cm³/mol. The fourth-order valence-corrected chi connectivity index (χ4v) is 3.50. The summed E-state index contributed by atoms with van der Waals surface area (Å²) < 4.78 is 7.25. The van der Waals surface area contributed by atoms with Gasteiger partial charge in [-0.15, -0.1) is 5.10 Å². The van der Waals surface area contributed by atoms with Crippen LogP contribution in [0, 0.1) is 0 Å². The molecule has 0 saturated heterocycles. The Kier molecular flexibility index (Phi) is 4.99. The Labute approximate surface area is 168 Å². The number of aryl methyl sites for hydroxylation is 2. The summed E-state index contributed by atoms with van der Waals surface area (Å²) in [6, 6.07) is 2.02. The topological polar surface area (TPSA) is 123 Å². The number of pyridine rings is 1. The Hall–Kier alpha value is -3.30. The number of tetrazole rings is 1. The highest BCUT2D eigenvalue weighted by atomic mass is 16.6. The normalized spacial score (nSPS) is 12.9. The number of H-pyrrole nitrogens is 1. The number of aromatic nitrogens is 7. The van der Waals surface area contributed by atoms with Crippen LogP contribution in [0.15, 0.2) is 18.5 Å². The lowest BCUT2D eigenvalue weighted by Gasteiger charge is -2.20. The molecule has 0 radical (unpaired) electrons. The van der Waals surface area contributed by atoms with E-state index in [1.165, 1.54) is 5.56 Å². The van der Waals surface area contributed by atoms with Gasteiger partial charge in [-0.1, -0.05) is 0 Å². The number of carbonyl (C=O) groups is 1. The molecule has 2 N–H and O–H groups in total. The third kappa shape index (κ3) is 4.10. The molecule has 0 bridgehead atoms. The molecule has 1 aliphatic carbocycles. The van der Waals surface area contributed by atoms with Crippen molar-refractivity contribution in [2.75, 3.05) is 6.54 Å². The number of carbonyl (C=O) groups excluding carboxylic acids is 1. The second kappa shape index (κ2) is 7.61. The van der Waals surface area contributed by atoms with Crippen molar-refractivity contribution in [3.05, 3.63) is 29.6 Å². The second-order valence-corrected chi connectivity index (χ2v) is 7.96. The molecule has 3 heterocycles. The van der Waals surface area contributed by atoms with E-state index in [0.29, 0.717) is 25.3 Å². The molecule has 0 unspecified atom stereocenters. The molecule has 0 fully saturated rings. The molecular formula is C19H24N8O2. The molecule has 152 valence electrons. The zero-order valence-corrected chi connectivity index (χ0v) is 16.8. The van der Waals surface area contributed by atoms with Gasteiger partial charge in [0.25, 0.3) is 0 Å². The van der Waals surface area contributed by atoms with Crippen LogP contribution in [0.2, 0.25) is 0 Å². The first-order valence-electron chi connectivity index (χ1n) is 9.66. The number of ether oxygens (including phenoxy) is 1. The Morgan fingerprint density at radius 1 is 1.34 bits per heavy atom. The molecule has 1 aliphatic rings. The molecule has 0 spiro atoms. The smallest absolute Gasteiger partial charge is 0.407 e. The molecule has 3 aromatic rings. The molecule has 3 aromatic heterocycles. The van der Waals surface area contributed by atoms with Crippen LogP contribution >= 0.6 is 0 Å². The maximum Gasteiger partial charge on any atom is 0.407 e. The summed E-state index contributed by atoms with van der Waals surface area (Å²) in [4.78, 5) is 16.1. The highest BCUT2D eigenvalue weighted by molar-refractivity contribution is 5.75. The molecule has 10 heteroatoms. The van der Waals surface area contributed by atoms with Gasteiger partial charge in [-0.25, -0.2) is 9.89 Å². The monoisotopic (exact) mass is 396 g/mol. The molecule has 0 aliphatic heterocycles. The molecule has 29 heavy (non-hydrogen) atoms. The van der Waals surface area contributed by atoms with Crippen molar-refractivity contribution in [3.63, 3.8) is 0 Å². The van der Waals surface area contributed by atoms with E-state index in [0.717, 1.165) is 35.4 Å². The Morgan fingerprint density at radius 2 is 2.21 bits per heavy atom. The van der Waals surface area contributed by atoms with Crippen LogP contribution in [0.1, 0.15) is 38.3 Å². The summed E-state index contributed by atoms with van der Waals surface area (Å²) in [7, 11) is 0. The lowest BCUT2D eigenvalue weighted by atomic mass is 9.90. The number of alkyl carbamates (subject to hydrolysis) is 1. The van der Waals surface area contributed by atoms with E-state index in [1.54, 1.807) is 6.20 Å². The predicted octanol–water partition coefficient (Wildman–Crippen LogP) is 2.14. The van der Waals surface area contributed by atoms with Gasteiger partial charge in [0.15, 0.2) is 5.82 Å². The van der Waals surface area contributed by atoms with E-state index in [-0.39, 0.29) is 0 Å². The molecule has 10 nitrogen and oxygen atoms in total. The third-order valence-electron chi connectivity index (χ3n) is 4.64. The van der Waals surface area contributed by atoms with Crippen molar-refractivity contribution in [3.8, 4) is 22.8 Å². The average molecular weight is 396 g/mol. The number of fused-ring (bicyclic) bond motifs is 3. The second-order valence-electron chi connectivity index (χ2n) is 7.96. The van der Waals surface area contributed by atoms with Crippen molar-refractivity contribution in [1.82, 2.24) is 40.7 Å². The van der Waals surface area contributed by atoms with E-state index in [1.807, 2.05) is 37.7 Å². The Balaban J connectivity index is 1.54. The van der Waals surface area contributed by atoms with Crippen molar-refractivity contribution >= 4 is 6.09 Å². The summed E-state index contributed by atoms with van der Waals surface area (Å²) in [5.41, 5.74) is 4.79. The number of nitrogens with one attached hydrogen (secondary N) is 2. The molecule has 1 amide bonds. The zero-order valence-electron chi connectivity index (χ0n) is 16.8. The zero-order chi connectivity index (χ0) is 20.4. The third-order valence-corrected chi connectivity index (χ3v) is 4.64. The molecule has 0 atom stereocenters. The summed E-state index contributed by atoms with van der Waals surface area (Å²) >= 11 is 0. The number of amides is 1. The number of hydrogen-bond donors (Lipinski definition) is 2. The van der Waals surface area contributed by atoms with E-state index in [9.17, 15) is 4.79 Å². The summed E-state index contributed by atoms with van der Waals surface area (Å²) in [5.74, 6) is 0.560. The summed E-state index contributed by atoms with van der Waals surface area (Å²) in [6.07, 6.45) is 5.75. The molecule has 0 saturated carbocycles. The first-order valence-corrected chi connectivity index (χ1v) is 9.66. The minimum Gasteiger partial charge on any atom is -0.444 e. The van der Waals surface area contributed by atoms with Crippen LogP contribution in [0.5, 0.6) is 0 Å². The van der Waals surface area contributed by atoms with Gasteiger partial charge in [0.2, 0.25) is 0 Å². The molecular weight excluding hydrogens is 372 g/mol. The Bertz CT molecular complexity index is 1000. The van der Waals surface area contributed by atoms with E-state index in [4.69, 9.17) is 9.84 Å². The van der Waals surface area contributed by atoms with Gasteiger partial charge in [0.05, 0.1) is 5.69 Å². The number of rotatable bonds is 5. The van der Waals surface area contributed by atoms with E-state index >= 15 is 0 Å². The fourth-order valence-electron chi connectivity index (χ4n) is 3.50. The summed E-state index contributed by atoms with van der Waals surface area (Å²) in [5, 5.41) is 21.8. The van der Waals surface area contributed by atoms with Gasteiger partial charge in [-0.2, -0.15) is 5.10 Å². The van der Waals surface area contributed by atoms with E-state index < -0.39 is 11.7 Å². The van der Waals surface area contributed by atoms with Crippen molar-refractivity contribution in [2.24, 2.45) is 0 Å². The van der Waals surface area contributed by atoms with Crippen LogP contribution in [-0.4, -0.2) is 53.6 Å².